The van der Waals surface area contributed by atoms with Crippen LogP contribution in [0.4, 0.5) is 0 Å². The number of fused-ring (bicyclic) bond motifs is 5. The van der Waals surface area contributed by atoms with E-state index in [2.05, 4.69) is 17.2 Å². The Labute approximate surface area is 240 Å². The molecule has 0 spiro atoms. The minimum atomic E-state index is -1.70. The molecule has 0 unspecified atom stereocenters. The molecule has 0 bridgehead atoms. The van der Waals surface area contributed by atoms with Crippen LogP contribution < -0.4 is 5.32 Å². The van der Waals surface area contributed by atoms with Crippen LogP contribution in [0.2, 0.25) is 0 Å². The second-order valence-corrected chi connectivity index (χ2v) is 13.1. The standard InChI is InChI=1S/C31H43N3O7/c1-29-10-8-21(35)16-20(29)4-5-22-23-9-11-31(40,30(23,2)17-24(36)28(22)29)25(37)18-41-27(39)7-6-26(38)33-12-3-14-34-15-13-32-19-34/h13,15-16,19,22-24,28,36,40H,3-12,14,17-18H2,1-2H3,(H,33,38)/t22-,23-,24-,28-,29-,30-,31-/m0/s1. The third-order valence-corrected chi connectivity index (χ3v) is 10.9. The lowest BCUT2D eigenvalue weighted by Crippen LogP contribution is -2.62. The fourth-order valence-electron chi connectivity index (χ4n) is 8.70. The van der Waals surface area contributed by atoms with Crippen LogP contribution in [0.3, 0.4) is 0 Å². The molecule has 3 N–H and O–H groups in total. The van der Waals surface area contributed by atoms with E-state index in [0.717, 1.165) is 37.8 Å². The summed E-state index contributed by atoms with van der Waals surface area (Å²) >= 11 is 0. The van der Waals surface area contributed by atoms with Crippen LogP contribution in [0.15, 0.2) is 30.4 Å². The van der Waals surface area contributed by atoms with E-state index in [-0.39, 0.29) is 60.5 Å². The van der Waals surface area contributed by atoms with Crippen molar-refractivity contribution in [1.29, 1.82) is 0 Å². The van der Waals surface area contributed by atoms with Crippen LogP contribution in [-0.4, -0.2) is 68.1 Å². The van der Waals surface area contributed by atoms with Crippen LogP contribution in [0.25, 0.3) is 0 Å². The number of ketones is 2. The maximum atomic E-state index is 13.4. The zero-order chi connectivity index (χ0) is 29.4. The molecule has 224 valence electrons. The molecular formula is C31H43N3O7. The van der Waals surface area contributed by atoms with Crippen molar-refractivity contribution in [1.82, 2.24) is 14.9 Å². The second-order valence-electron chi connectivity index (χ2n) is 13.1. The van der Waals surface area contributed by atoms with Crippen molar-refractivity contribution in [3.05, 3.63) is 30.4 Å². The van der Waals surface area contributed by atoms with Gasteiger partial charge >= 0.3 is 5.97 Å². The number of aryl methyl sites for hydroxylation is 1. The number of amides is 1. The van der Waals surface area contributed by atoms with Gasteiger partial charge in [-0.15, -0.1) is 0 Å². The fourth-order valence-corrected chi connectivity index (χ4v) is 8.70. The molecule has 1 aromatic rings. The average molecular weight is 570 g/mol. The van der Waals surface area contributed by atoms with Gasteiger partial charge in [0, 0.05) is 43.7 Å². The zero-order valence-electron chi connectivity index (χ0n) is 24.1. The molecule has 4 aliphatic rings. The van der Waals surface area contributed by atoms with Gasteiger partial charge in [-0.1, -0.05) is 19.4 Å². The number of aliphatic hydroxyl groups excluding tert-OH is 1. The number of esters is 1. The van der Waals surface area contributed by atoms with Crippen molar-refractivity contribution in [2.75, 3.05) is 13.2 Å². The molecule has 7 atom stereocenters. The van der Waals surface area contributed by atoms with Crippen LogP contribution in [0.1, 0.15) is 78.1 Å². The van der Waals surface area contributed by atoms with Crippen molar-refractivity contribution in [2.45, 2.75) is 96.3 Å². The SMILES string of the molecule is C[C@]12CCC(=O)C=C1CC[C@@H]1[C@H]2[C@@H](O)C[C@@]2(C)[C@H]1CC[C@]2(O)C(=O)COC(=O)CCC(=O)NCCCn1ccnc1. The van der Waals surface area contributed by atoms with Gasteiger partial charge in [0.05, 0.1) is 18.9 Å². The summed E-state index contributed by atoms with van der Waals surface area (Å²) in [7, 11) is 0. The summed E-state index contributed by atoms with van der Waals surface area (Å²) < 4.78 is 7.13. The van der Waals surface area contributed by atoms with E-state index in [1.165, 1.54) is 0 Å². The third kappa shape index (κ3) is 5.41. The van der Waals surface area contributed by atoms with Crippen molar-refractivity contribution in [3.63, 3.8) is 0 Å². The highest BCUT2D eigenvalue weighted by molar-refractivity contribution is 5.92. The number of rotatable bonds is 10. The van der Waals surface area contributed by atoms with Gasteiger partial charge in [0.1, 0.15) is 5.60 Å². The first-order chi connectivity index (χ1) is 19.5. The summed E-state index contributed by atoms with van der Waals surface area (Å²) in [6, 6.07) is 0. The lowest BCUT2D eigenvalue weighted by molar-refractivity contribution is -0.184. The number of hydrogen-bond acceptors (Lipinski definition) is 8. The number of aliphatic hydroxyl groups is 2. The molecular weight excluding hydrogens is 526 g/mol. The first-order valence-electron chi connectivity index (χ1n) is 15.0. The summed E-state index contributed by atoms with van der Waals surface area (Å²) in [4.78, 5) is 53.9. The second kappa shape index (κ2) is 11.4. The van der Waals surface area contributed by atoms with Crippen LogP contribution in [0.5, 0.6) is 0 Å². The first-order valence-corrected chi connectivity index (χ1v) is 15.0. The van der Waals surface area contributed by atoms with Gasteiger partial charge < -0.3 is 24.8 Å². The fraction of sp³-hybridized carbons (Fsp3) is 0.710. The van der Waals surface area contributed by atoms with Crippen molar-refractivity contribution in [2.24, 2.45) is 28.6 Å². The van der Waals surface area contributed by atoms with Crippen LogP contribution in [0, 0.1) is 28.6 Å². The minimum absolute atomic E-state index is 0.0130. The molecule has 3 saturated carbocycles. The Kier molecular flexibility index (Phi) is 8.27. The third-order valence-electron chi connectivity index (χ3n) is 10.9. The number of allylic oxidation sites excluding steroid dienone is 1. The first kappa shape index (κ1) is 29.6. The molecule has 41 heavy (non-hydrogen) atoms. The molecule has 0 aliphatic heterocycles. The normalized spacial score (nSPS) is 36.0. The molecule has 10 nitrogen and oxygen atoms in total. The predicted octanol–water partition coefficient (Wildman–Crippen LogP) is 2.52. The average Bonchev–Trinajstić information content (AvgIpc) is 3.55. The number of imidazole rings is 1. The number of nitrogens with one attached hydrogen (secondary N) is 1. The lowest BCUT2D eigenvalue weighted by Gasteiger charge is -2.60. The van der Waals surface area contributed by atoms with E-state index in [1.807, 2.05) is 17.7 Å². The number of aromatic nitrogens is 2. The van der Waals surface area contributed by atoms with Crippen molar-refractivity contribution in [3.8, 4) is 0 Å². The summed E-state index contributed by atoms with van der Waals surface area (Å²) in [6.45, 7) is 4.71. The Balaban J connectivity index is 1.13. The van der Waals surface area contributed by atoms with Gasteiger partial charge in [-0.25, -0.2) is 4.98 Å². The molecule has 0 saturated heterocycles. The monoisotopic (exact) mass is 569 g/mol. The Morgan fingerprint density at radius 2 is 1.98 bits per heavy atom. The van der Waals surface area contributed by atoms with Gasteiger partial charge in [-0.3, -0.25) is 19.2 Å². The van der Waals surface area contributed by atoms with Crippen molar-refractivity contribution < 1.29 is 34.1 Å². The Hall–Kier alpha value is -2.85. The number of ether oxygens (including phenoxy) is 1. The molecule has 0 aromatic carbocycles. The molecule has 10 heteroatoms. The number of Topliss-reactive ketones (excluding diaryl/α,β-unsaturated/α-hetero) is 1. The minimum Gasteiger partial charge on any atom is -0.458 e. The lowest BCUT2D eigenvalue weighted by atomic mass is 9.45. The maximum absolute atomic E-state index is 13.4. The van der Waals surface area contributed by atoms with Crippen LogP contribution in [-0.2, 0) is 30.5 Å². The number of carbonyl (C=O) groups is 4. The Morgan fingerprint density at radius 1 is 1.17 bits per heavy atom. The van der Waals surface area contributed by atoms with E-state index in [4.69, 9.17) is 4.74 Å². The number of carbonyl (C=O) groups excluding carboxylic acids is 4. The van der Waals surface area contributed by atoms with Crippen molar-refractivity contribution >= 4 is 23.4 Å². The number of hydrogen-bond donors (Lipinski definition) is 3. The Morgan fingerprint density at radius 3 is 2.73 bits per heavy atom. The van der Waals surface area contributed by atoms with E-state index in [9.17, 15) is 29.4 Å². The maximum Gasteiger partial charge on any atom is 0.306 e. The molecule has 1 heterocycles. The summed E-state index contributed by atoms with van der Waals surface area (Å²) in [6.07, 6.45) is 10.9. The molecule has 5 rings (SSSR count). The van der Waals surface area contributed by atoms with E-state index in [1.54, 1.807) is 18.6 Å². The Bertz CT molecular complexity index is 1210. The summed E-state index contributed by atoms with van der Waals surface area (Å²) in [5.41, 5.74) is -1.65. The molecule has 4 aliphatic carbocycles. The molecule has 1 aromatic heterocycles. The van der Waals surface area contributed by atoms with Gasteiger partial charge in [0.15, 0.2) is 12.4 Å². The highest BCUT2D eigenvalue weighted by atomic mass is 16.5. The molecule has 3 fully saturated rings. The van der Waals surface area contributed by atoms with Gasteiger partial charge in [-0.05, 0) is 74.2 Å². The number of nitrogens with zero attached hydrogens (tertiary/aromatic N) is 2. The quantitative estimate of drug-likeness (QED) is 0.288. The highest BCUT2D eigenvalue weighted by Crippen LogP contribution is 2.67. The van der Waals surface area contributed by atoms with E-state index >= 15 is 0 Å². The largest absolute Gasteiger partial charge is 0.458 e. The highest BCUT2D eigenvalue weighted by Gasteiger charge is 2.68. The van der Waals surface area contributed by atoms with Gasteiger partial charge in [0.25, 0.3) is 0 Å². The van der Waals surface area contributed by atoms with E-state index < -0.39 is 35.5 Å². The predicted molar refractivity (Wildman–Crippen MR) is 148 cm³/mol. The molecule has 1 amide bonds. The van der Waals surface area contributed by atoms with Gasteiger partial charge in [0.2, 0.25) is 11.7 Å². The summed E-state index contributed by atoms with van der Waals surface area (Å²) in [5, 5.41) is 26.1. The summed E-state index contributed by atoms with van der Waals surface area (Å²) in [5.74, 6) is -1.14. The van der Waals surface area contributed by atoms with Crippen LogP contribution >= 0.6 is 0 Å². The van der Waals surface area contributed by atoms with Gasteiger partial charge in [-0.2, -0.15) is 0 Å². The molecule has 0 radical (unpaired) electrons. The smallest absolute Gasteiger partial charge is 0.306 e. The van der Waals surface area contributed by atoms with E-state index in [0.29, 0.717) is 19.4 Å². The zero-order valence-corrected chi connectivity index (χ0v) is 24.1. The topological polar surface area (TPSA) is 148 Å².